The topological polar surface area (TPSA) is 53.7 Å². The predicted octanol–water partition coefficient (Wildman–Crippen LogP) is 4.09. The third-order valence-electron chi connectivity index (χ3n) is 4.20. The number of aryl methyl sites for hydroxylation is 1. The van der Waals surface area contributed by atoms with E-state index in [2.05, 4.69) is 31.2 Å². The molecule has 1 atom stereocenters. The maximum atomic E-state index is 6.09. The second-order valence-corrected chi connectivity index (χ2v) is 6.03. The Morgan fingerprint density at radius 1 is 0.920 bits per heavy atom. The first-order valence-electron chi connectivity index (χ1n) is 8.86. The van der Waals surface area contributed by atoms with Crippen molar-refractivity contribution in [2.24, 2.45) is 5.73 Å². The van der Waals surface area contributed by atoms with Gasteiger partial charge in [0.15, 0.2) is 11.5 Å². The van der Waals surface area contributed by atoms with Crippen LogP contribution in [0.15, 0.2) is 36.4 Å². The average molecular weight is 343 g/mol. The molecule has 0 heterocycles. The van der Waals surface area contributed by atoms with Crippen LogP contribution in [0.5, 0.6) is 17.2 Å². The van der Waals surface area contributed by atoms with E-state index in [1.807, 2.05) is 26.0 Å². The first kappa shape index (κ1) is 19.1. The molecule has 0 bridgehead atoms. The van der Waals surface area contributed by atoms with Gasteiger partial charge in [-0.1, -0.05) is 23.8 Å². The van der Waals surface area contributed by atoms with Crippen LogP contribution in [-0.2, 0) is 6.42 Å². The van der Waals surface area contributed by atoms with Crippen LogP contribution in [0.2, 0.25) is 0 Å². The maximum Gasteiger partial charge on any atom is 0.161 e. The number of hydrogen-bond donors (Lipinski definition) is 1. The van der Waals surface area contributed by atoms with Crippen LogP contribution in [0.1, 0.15) is 36.5 Å². The Balaban J connectivity index is 2.30. The van der Waals surface area contributed by atoms with E-state index in [9.17, 15) is 0 Å². The van der Waals surface area contributed by atoms with Gasteiger partial charge in [0, 0.05) is 5.92 Å². The fourth-order valence-corrected chi connectivity index (χ4v) is 3.00. The van der Waals surface area contributed by atoms with E-state index in [0.717, 1.165) is 29.2 Å². The molecule has 2 N–H and O–H groups in total. The van der Waals surface area contributed by atoms with Gasteiger partial charge in [0.05, 0.1) is 20.3 Å². The summed E-state index contributed by atoms with van der Waals surface area (Å²) in [5.74, 6) is 2.64. The third-order valence-corrected chi connectivity index (χ3v) is 4.20. The van der Waals surface area contributed by atoms with Gasteiger partial charge in [-0.2, -0.15) is 0 Å². The zero-order valence-electron chi connectivity index (χ0n) is 15.7. The molecule has 4 nitrogen and oxygen atoms in total. The zero-order valence-corrected chi connectivity index (χ0v) is 15.7. The number of methoxy groups -OCH3 is 1. The van der Waals surface area contributed by atoms with Gasteiger partial charge in [-0.15, -0.1) is 0 Å². The molecular formula is C21H29NO3. The fourth-order valence-electron chi connectivity index (χ4n) is 3.00. The van der Waals surface area contributed by atoms with E-state index in [0.29, 0.717) is 19.8 Å². The first-order valence-corrected chi connectivity index (χ1v) is 8.86. The Morgan fingerprint density at radius 2 is 1.60 bits per heavy atom. The van der Waals surface area contributed by atoms with Crippen molar-refractivity contribution in [3.8, 4) is 17.2 Å². The summed E-state index contributed by atoms with van der Waals surface area (Å²) in [6, 6.07) is 12.3. The van der Waals surface area contributed by atoms with Gasteiger partial charge in [0.1, 0.15) is 5.75 Å². The lowest BCUT2D eigenvalue weighted by atomic mass is 9.90. The molecule has 0 saturated heterocycles. The van der Waals surface area contributed by atoms with Gasteiger partial charge in [-0.05, 0) is 63.1 Å². The number of nitrogens with two attached hydrogens (primary N) is 1. The van der Waals surface area contributed by atoms with Gasteiger partial charge in [-0.25, -0.2) is 0 Å². The average Bonchev–Trinajstić information content (AvgIpc) is 2.62. The normalized spacial score (nSPS) is 11.9. The van der Waals surface area contributed by atoms with E-state index >= 15 is 0 Å². The molecule has 2 rings (SSSR count). The van der Waals surface area contributed by atoms with Gasteiger partial charge in [-0.3, -0.25) is 0 Å². The number of hydrogen-bond acceptors (Lipinski definition) is 4. The van der Waals surface area contributed by atoms with Gasteiger partial charge in [0.2, 0.25) is 0 Å². The summed E-state index contributed by atoms with van der Waals surface area (Å²) in [5, 5.41) is 0. The highest BCUT2D eigenvalue weighted by molar-refractivity contribution is 5.45. The highest BCUT2D eigenvalue weighted by Crippen LogP contribution is 2.33. The fraction of sp³-hybridized carbons (Fsp3) is 0.429. The number of benzene rings is 2. The SMILES string of the molecule is CCOc1ccc(CC(CN)c2cc(C)ccc2OC)cc1OCC. The Hall–Kier alpha value is -2.20. The molecule has 0 fully saturated rings. The van der Waals surface area contributed by atoms with Crippen LogP contribution in [0, 0.1) is 6.92 Å². The van der Waals surface area contributed by atoms with Gasteiger partial charge < -0.3 is 19.9 Å². The Kier molecular flexibility index (Phi) is 7.14. The molecule has 0 amide bonds. The minimum absolute atomic E-state index is 0.183. The van der Waals surface area contributed by atoms with Crippen molar-refractivity contribution in [1.29, 1.82) is 0 Å². The molecule has 0 radical (unpaired) electrons. The molecule has 25 heavy (non-hydrogen) atoms. The molecule has 136 valence electrons. The van der Waals surface area contributed by atoms with E-state index < -0.39 is 0 Å². The summed E-state index contributed by atoms with van der Waals surface area (Å²) in [4.78, 5) is 0. The van der Waals surface area contributed by atoms with Crippen molar-refractivity contribution < 1.29 is 14.2 Å². The minimum Gasteiger partial charge on any atom is -0.496 e. The van der Waals surface area contributed by atoms with Crippen LogP contribution in [0.3, 0.4) is 0 Å². The molecule has 0 aliphatic rings. The van der Waals surface area contributed by atoms with Crippen molar-refractivity contribution in [1.82, 2.24) is 0 Å². The Labute approximate surface area is 150 Å². The van der Waals surface area contributed by atoms with Gasteiger partial charge in [0.25, 0.3) is 0 Å². The van der Waals surface area contributed by atoms with Crippen molar-refractivity contribution >= 4 is 0 Å². The van der Waals surface area contributed by atoms with E-state index in [4.69, 9.17) is 19.9 Å². The van der Waals surface area contributed by atoms with E-state index in [1.54, 1.807) is 7.11 Å². The largest absolute Gasteiger partial charge is 0.496 e. The Morgan fingerprint density at radius 3 is 2.24 bits per heavy atom. The number of rotatable bonds is 9. The molecule has 0 aromatic heterocycles. The molecule has 0 aliphatic carbocycles. The molecule has 2 aromatic carbocycles. The highest BCUT2D eigenvalue weighted by atomic mass is 16.5. The van der Waals surface area contributed by atoms with Crippen LogP contribution >= 0.6 is 0 Å². The Bertz CT molecular complexity index is 685. The summed E-state index contributed by atoms with van der Waals surface area (Å²) < 4.78 is 16.9. The van der Waals surface area contributed by atoms with Crippen LogP contribution in [0.25, 0.3) is 0 Å². The standard InChI is InChI=1S/C21H29NO3/c1-5-24-20-10-8-16(13-21(20)25-6-2)12-17(14-22)18-11-15(3)7-9-19(18)23-4/h7-11,13,17H,5-6,12,14,22H2,1-4H3. The summed E-state index contributed by atoms with van der Waals surface area (Å²) in [6.07, 6.45) is 0.822. The summed E-state index contributed by atoms with van der Waals surface area (Å²) >= 11 is 0. The lowest BCUT2D eigenvalue weighted by Crippen LogP contribution is -2.16. The molecule has 0 aliphatic heterocycles. The highest BCUT2D eigenvalue weighted by Gasteiger charge is 2.17. The van der Waals surface area contributed by atoms with Crippen LogP contribution < -0.4 is 19.9 Å². The molecule has 0 spiro atoms. The minimum atomic E-state index is 0.183. The van der Waals surface area contributed by atoms with Crippen molar-refractivity contribution in [2.45, 2.75) is 33.1 Å². The summed E-state index contributed by atoms with van der Waals surface area (Å²) in [7, 11) is 1.70. The lowest BCUT2D eigenvalue weighted by Gasteiger charge is -2.20. The quantitative estimate of drug-likeness (QED) is 0.745. The van der Waals surface area contributed by atoms with Crippen molar-refractivity contribution in [2.75, 3.05) is 26.9 Å². The predicted molar refractivity (Wildman–Crippen MR) is 102 cm³/mol. The lowest BCUT2D eigenvalue weighted by molar-refractivity contribution is 0.287. The first-order chi connectivity index (χ1) is 12.1. The molecule has 4 heteroatoms. The second-order valence-electron chi connectivity index (χ2n) is 6.03. The molecule has 0 saturated carbocycles. The smallest absolute Gasteiger partial charge is 0.161 e. The molecule has 1 unspecified atom stereocenters. The summed E-state index contributed by atoms with van der Waals surface area (Å²) in [6.45, 7) is 7.80. The van der Waals surface area contributed by atoms with Crippen molar-refractivity contribution in [3.05, 3.63) is 53.1 Å². The van der Waals surface area contributed by atoms with Crippen LogP contribution in [-0.4, -0.2) is 26.9 Å². The third kappa shape index (κ3) is 4.89. The molecular weight excluding hydrogens is 314 g/mol. The monoisotopic (exact) mass is 343 g/mol. The zero-order chi connectivity index (χ0) is 18.2. The maximum absolute atomic E-state index is 6.09. The van der Waals surface area contributed by atoms with Crippen molar-refractivity contribution in [3.63, 3.8) is 0 Å². The summed E-state index contributed by atoms with van der Waals surface area (Å²) in [5.41, 5.74) is 9.62. The van der Waals surface area contributed by atoms with Crippen LogP contribution in [0.4, 0.5) is 0 Å². The molecule has 2 aromatic rings. The number of ether oxygens (including phenoxy) is 3. The second kappa shape index (κ2) is 9.33. The van der Waals surface area contributed by atoms with E-state index in [1.165, 1.54) is 11.1 Å². The van der Waals surface area contributed by atoms with E-state index in [-0.39, 0.29) is 5.92 Å². The van der Waals surface area contributed by atoms with Gasteiger partial charge >= 0.3 is 0 Å².